The van der Waals surface area contributed by atoms with Crippen LogP contribution in [-0.2, 0) is 6.54 Å². The quantitative estimate of drug-likeness (QED) is 0.659. The van der Waals surface area contributed by atoms with Crippen LogP contribution in [0.3, 0.4) is 0 Å². The molecule has 0 bridgehead atoms. The summed E-state index contributed by atoms with van der Waals surface area (Å²) in [6, 6.07) is 7.27. The summed E-state index contributed by atoms with van der Waals surface area (Å²) in [5, 5.41) is 9.51. The Bertz CT molecular complexity index is 906. The minimum atomic E-state index is -0.114. The molecule has 2 aromatic heterocycles. The molecule has 0 radical (unpaired) electrons. The van der Waals surface area contributed by atoms with Gasteiger partial charge in [0, 0.05) is 28.5 Å². The number of carbonyl (C=O) groups is 1. The molecule has 2 heterocycles. The first-order valence-electron chi connectivity index (χ1n) is 7.38. The summed E-state index contributed by atoms with van der Waals surface area (Å²) in [6.07, 6.45) is 0. The van der Waals surface area contributed by atoms with Crippen LogP contribution in [0.2, 0.25) is 10.0 Å². The third-order valence-electron chi connectivity index (χ3n) is 3.60. The number of aromatic nitrogens is 2. The van der Waals surface area contributed by atoms with Crippen molar-refractivity contribution < 1.29 is 4.79 Å². The fourth-order valence-corrected chi connectivity index (χ4v) is 3.96. The number of hydrogen-bond acceptors (Lipinski definition) is 4. The highest BCUT2D eigenvalue weighted by molar-refractivity contribution is 7.20. The van der Waals surface area contributed by atoms with Crippen molar-refractivity contribution in [2.24, 2.45) is 5.73 Å². The first kappa shape index (κ1) is 20.0. The number of nitrogens with two attached hydrogens (primary N) is 1. The molecule has 0 saturated heterocycles. The molecule has 3 aromatic rings. The zero-order chi connectivity index (χ0) is 17.3. The Morgan fingerprint density at radius 2 is 2.12 bits per heavy atom. The van der Waals surface area contributed by atoms with E-state index in [-0.39, 0.29) is 18.3 Å². The van der Waals surface area contributed by atoms with Crippen LogP contribution in [0.1, 0.15) is 20.9 Å². The van der Waals surface area contributed by atoms with Crippen LogP contribution in [-0.4, -0.2) is 28.8 Å². The predicted octanol–water partition coefficient (Wildman–Crippen LogP) is 3.87. The molecule has 3 N–H and O–H groups in total. The third kappa shape index (κ3) is 4.27. The van der Waals surface area contributed by atoms with E-state index in [4.69, 9.17) is 28.9 Å². The number of amides is 1. The van der Waals surface area contributed by atoms with Gasteiger partial charge in [0.2, 0.25) is 0 Å². The van der Waals surface area contributed by atoms with E-state index in [1.807, 2.05) is 23.7 Å². The highest BCUT2D eigenvalue weighted by atomic mass is 35.5. The second-order valence-corrected chi connectivity index (χ2v) is 7.23. The lowest BCUT2D eigenvalue weighted by Crippen LogP contribution is -2.28. The number of rotatable bonds is 5. The van der Waals surface area contributed by atoms with Gasteiger partial charge in [-0.2, -0.15) is 5.10 Å². The molecule has 0 saturated carbocycles. The summed E-state index contributed by atoms with van der Waals surface area (Å²) < 4.78 is 1.87. The number of aryl methyl sites for hydroxylation is 1. The van der Waals surface area contributed by atoms with Crippen molar-refractivity contribution in [3.8, 4) is 0 Å². The normalized spacial score (nSPS) is 10.7. The molecule has 5 nitrogen and oxygen atoms in total. The van der Waals surface area contributed by atoms with Crippen molar-refractivity contribution in [1.82, 2.24) is 15.1 Å². The molecule has 0 spiro atoms. The maximum absolute atomic E-state index is 12.1. The SMILES string of the molecule is Cc1nn(Cc2ccc(Cl)cc2Cl)c2sc(C(=O)NCCN)cc12.Cl. The number of nitrogens with one attached hydrogen (secondary N) is 1. The summed E-state index contributed by atoms with van der Waals surface area (Å²) in [4.78, 5) is 13.7. The average Bonchev–Trinajstić information content (AvgIpc) is 3.09. The zero-order valence-electron chi connectivity index (χ0n) is 13.4. The summed E-state index contributed by atoms with van der Waals surface area (Å²) >= 11 is 13.6. The molecule has 0 fully saturated rings. The van der Waals surface area contributed by atoms with Crippen LogP contribution in [0.5, 0.6) is 0 Å². The Morgan fingerprint density at radius 1 is 1.36 bits per heavy atom. The lowest BCUT2D eigenvalue weighted by Gasteiger charge is -2.06. The topological polar surface area (TPSA) is 72.9 Å². The van der Waals surface area contributed by atoms with Crippen molar-refractivity contribution >= 4 is 63.1 Å². The van der Waals surface area contributed by atoms with E-state index in [1.54, 1.807) is 12.1 Å². The van der Waals surface area contributed by atoms with E-state index in [2.05, 4.69) is 10.4 Å². The van der Waals surface area contributed by atoms with E-state index >= 15 is 0 Å². The van der Waals surface area contributed by atoms with Gasteiger partial charge in [0.15, 0.2) is 0 Å². The van der Waals surface area contributed by atoms with Crippen molar-refractivity contribution in [3.63, 3.8) is 0 Å². The molecular weight excluding hydrogens is 403 g/mol. The number of fused-ring (bicyclic) bond motifs is 1. The molecular formula is C16H17Cl3N4OS. The van der Waals surface area contributed by atoms with Crippen molar-refractivity contribution in [2.45, 2.75) is 13.5 Å². The predicted molar refractivity (Wildman–Crippen MR) is 107 cm³/mol. The van der Waals surface area contributed by atoms with Gasteiger partial charge in [0.25, 0.3) is 5.91 Å². The molecule has 0 aliphatic heterocycles. The van der Waals surface area contributed by atoms with Crippen molar-refractivity contribution in [2.75, 3.05) is 13.1 Å². The van der Waals surface area contributed by atoms with Gasteiger partial charge >= 0.3 is 0 Å². The van der Waals surface area contributed by atoms with E-state index in [0.29, 0.717) is 34.6 Å². The van der Waals surface area contributed by atoms with Gasteiger partial charge in [0.1, 0.15) is 4.83 Å². The second kappa shape index (κ2) is 8.38. The highest BCUT2D eigenvalue weighted by Gasteiger charge is 2.16. The van der Waals surface area contributed by atoms with Crippen molar-refractivity contribution in [3.05, 3.63) is 50.4 Å². The summed E-state index contributed by atoms with van der Waals surface area (Å²) in [5.41, 5.74) is 7.22. The van der Waals surface area contributed by atoms with Crippen molar-refractivity contribution in [1.29, 1.82) is 0 Å². The molecule has 0 aliphatic carbocycles. The Labute approximate surface area is 165 Å². The van der Waals surface area contributed by atoms with Gasteiger partial charge < -0.3 is 11.1 Å². The third-order valence-corrected chi connectivity index (χ3v) is 5.33. The number of benzene rings is 1. The van der Waals surface area contributed by atoms with Gasteiger partial charge in [-0.15, -0.1) is 23.7 Å². The molecule has 134 valence electrons. The lowest BCUT2D eigenvalue weighted by molar-refractivity contribution is 0.0959. The number of halogens is 3. The van der Waals surface area contributed by atoms with Gasteiger partial charge in [-0.05, 0) is 30.7 Å². The highest BCUT2D eigenvalue weighted by Crippen LogP contribution is 2.30. The van der Waals surface area contributed by atoms with E-state index in [1.165, 1.54) is 11.3 Å². The number of nitrogens with zero attached hydrogens (tertiary/aromatic N) is 2. The van der Waals surface area contributed by atoms with Crippen LogP contribution in [0.4, 0.5) is 0 Å². The fourth-order valence-electron chi connectivity index (χ4n) is 2.42. The molecule has 0 unspecified atom stereocenters. The molecule has 9 heteroatoms. The summed E-state index contributed by atoms with van der Waals surface area (Å²) in [5.74, 6) is -0.114. The first-order valence-corrected chi connectivity index (χ1v) is 8.96. The monoisotopic (exact) mass is 418 g/mol. The van der Waals surface area contributed by atoms with Gasteiger partial charge in [0.05, 0.1) is 17.1 Å². The Morgan fingerprint density at radius 3 is 2.80 bits per heavy atom. The van der Waals surface area contributed by atoms with Crippen LogP contribution in [0.15, 0.2) is 24.3 Å². The van der Waals surface area contributed by atoms with Gasteiger partial charge in [-0.25, -0.2) is 0 Å². The van der Waals surface area contributed by atoms with Crippen LogP contribution >= 0.6 is 46.9 Å². The van der Waals surface area contributed by atoms with Crippen LogP contribution < -0.4 is 11.1 Å². The standard InChI is InChI=1S/C16H16Cl2N4OS.ClH/c1-9-12-7-14(15(23)20-5-4-19)24-16(12)22(21-9)8-10-2-3-11(17)6-13(10)18;/h2-3,6-7H,4-5,8,19H2,1H3,(H,20,23);1H. The summed E-state index contributed by atoms with van der Waals surface area (Å²) in [7, 11) is 0. The zero-order valence-corrected chi connectivity index (χ0v) is 16.5. The fraction of sp³-hybridized carbons (Fsp3) is 0.250. The molecule has 0 aliphatic rings. The van der Waals surface area contributed by atoms with Crippen LogP contribution in [0.25, 0.3) is 10.2 Å². The smallest absolute Gasteiger partial charge is 0.261 e. The molecule has 0 atom stereocenters. The Hall–Kier alpha value is -1.31. The maximum Gasteiger partial charge on any atom is 0.261 e. The molecule has 1 amide bonds. The minimum absolute atomic E-state index is 0. The lowest BCUT2D eigenvalue weighted by atomic mass is 10.2. The number of carbonyl (C=O) groups excluding carboxylic acids is 1. The summed E-state index contributed by atoms with van der Waals surface area (Å²) in [6.45, 7) is 3.32. The van der Waals surface area contributed by atoms with Gasteiger partial charge in [-0.1, -0.05) is 29.3 Å². The number of thiophene rings is 1. The maximum atomic E-state index is 12.1. The molecule has 1 aromatic carbocycles. The first-order chi connectivity index (χ1) is 11.5. The second-order valence-electron chi connectivity index (χ2n) is 5.35. The van der Waals surface area contributed by atoms with Crippen LogP contribution in [0, 0.1) is 6.92 Å². The molecule has 25 heavy (non-hydrogen) atoms. The largest absolute Gasteiger partial charge is 0.350 e. The van der Waals surface area contributed by atoms with Gasteiger partial charge in [-0.3, -0.25) is 9.48 Å². The molecule has 3 rings (SSSR count). The minimum Gasteiger partial charge on any atom is -0.350 e. The Kier molecular flexibility index (Phi) is 6.71. The van der Waals surface area contributed by atoms with E-state index < -0.39 is 0 Å². The number of hydrogen-bond donors (Lipinski definition) is 2. The van der Waals surface area contributed by atoms with E-state index in [0.717, 1.165) is 21.5 Å². The van der Waals surface area contributed by atoms with E-state index in [9.17, 15) is 4.79 Å². The average molecular weight is 420 g/mol. The Balaban J connectivity index is 0.00000225.